The Morgan fingerprint density at radius 3 is 1.69 bits per heavy atom. The molecule has 8 heteroatoms. The fourth-order valence-electron chi connectivity index (χ4n) is 19.8. The second kappa shape index (κ2) is 14.0. The Bertz CT molecular complexity index is 2580. The number of phenolic OH excluding ortho intramolecular Hbond substituents is 2. The first-order valence-corrected chi connectivity index (χ1v) is 26.6. The number of allylic oxidation sites excluding steroid dienone is 1. The van der Waals surface area contributed by atoms with E-state index < -0.39 is 16.9 Å². The largest absolute Gasteiger partial charge is 0.504 e. The fourth-order valence-corrected chi connectivity index (χ4v) is 19.8. The Morgan fingerprint density at radius 1 is 0.603 bits per heavy atom. The summed E-state index contributed by atoms with van der Waals surface area (Å²) in [6, 6.07) is 4.24. The molecule has 68 heavy (non-hydrogen) atoms. The smallest absolute Gasteiger partial charge is 0.311 e. The van der Waals surface area contributed by atoms with Gasteiger partial charge in [-0.05, 0) is 197 Å². The summed E-state index contributed by atoms with van der Waals surface area (Å²) in [4.78, 5) is 27.0. The van der Waals surface area contributed by atoms with Crippen LogP contribution >= 0.6 is 0 Å². The van der Waals surface area contributed by atoms with Crippen LogP contribution in [0.1, 0.15) is 199 Å². The van der Waals surface area contributed by atoms with Crippen molar-refractivity contribution in [2.24, 2.45) is 67.0 Å². The van der Waals surface area contributed by atoms with Crippen LogP contribution in [0.4, 0.5) is 0 Å². The van der Waals surface area contributed by atoms with Gasteiger partial charge in [0.25, 0.3) is 0 Å². The van der Waals surface area contributed by atoms with E-state index in [1.807, 2.05) is 13.0 Å². The zero-order chi connectivity index (χ0) is 48.9. The number of aromatic hydroxyl groups is 2. The maximum atomic E-state index is 13.6. The van der Waals surface area contributed by atoms with Crippen molar-refractivity contribution in [1.82, 2.24) is 0 Å². The van der Waals surface area contributed by atoms with E-state index in [0.717, 1.165) is 112 Å². The Hall–Kier alpha value is -3.68. The van der Waals surface area contributed by atoms with Gasteiger partial charge in [0.2, 0.25) is 0 Å². The molecule has 0 radical (unpaired) electrons. The standard InChI is InChI=1S/C60H82O8/c1-33-35-15-16-40-55(7,23-27-58(10)41-31-53(5,49(63)65-13)19-17-51(41,3)21-25-57(40,58)9)36(35)30-39-45(33)68-46-43-34(2)44(62)38(61)29-37(43)56(8)24-28-59(11)42-32-54(6,50(64)66-14)20-18-52(42,4)22-26-60(59,12)48(56)47(46)67-39/h15-16,29-30,40-42,46-48,61-62H,17-28,31-32H2,1-14H3/t40-,41+,42+,46+,47+,48-,51+,52+,53+,54+,55-,56-,57+,58-,59-,60+/m0/s1. The molecule has 370 valence electrons. The van der Waals surface area contributed by atoms with Gasteiger partial charge in [-0.15, -0.1) is 0 Å². The molecule has 9 aliphatic rings. The number of carbonyl (C=O) groups is 2. The van der Waals surface area contributed by atoms with Crippen molar-refractivity contribution in [2.75, 3.05) is 14.2 Å². The molecule has 0 unspecified atom stereocenters. The first-order valence-electron chi connectivity index (χ1n) is 26.6. The van der Waals surface area contributed by atoms with Crippen LogP contribution in [0.2, 0.25) is 0 Å². The molecule has 0 amide bonds. The predicted molar refractivity (Wildman–Crippen MR) is 265 cm³/mol. The number of carbonyl (C=O) groups excluding carboxylic acids is 2. The monoisotopic (exact) mass is 931 g/mol. The lowest BCUT2D eigenvalue weighted by Crippen LogP contribution is -2.69. The number of rotatable bonds is 2. The number of fused-ring (bicyclic) bond motifs is 18. The zero-order valence-corrected chi connectivity index (χ0v) is 44.0. The van der Waals surface area contributed by atoms with Gasteiger partial charge in [-0.2, -0.15) is 0 Å². The molecule has 0 spiro atoms. The minimum atomic E-state index is -0.531. The van der Waals surface area contributed by atoms with Gasteiger partial charge in [0.1, 0.15) is 6.10 Å². The fraction of sp³-hybridized carbons (Fsp3) is 0.733. The van der Waals surface area contributed by atoms with Crippen LogP contribution in [0.5, 0.6) is 23.0 Å². The highest BCUT2D eigenvalue weighted by Gasteiger charge is 2.73. The second-order valence-corrected chi connectivity index (χ2v) is 27.5. The number of hydrogen-bond donors (Lipinski definition) is 2. The average Bonchev–Trinajstić information content (AvgIpc) is 3.30. The van der Waals surface area contributed by atoms with E-state index in [1.165, 1.54) is 17.5 Å². The molecular weight excluding hydrogens is 849 g/mol. The van der Waals surface area contributed by atoms with Gasteiger partial charge in [0, 0.05) is 33.4 Å². The molecule has 0 saturated heterocycles. The highest BCUT2D eigenvalue weighted by molar-refractivity contribution is 5.77. The van der Waals surface area contributed by atoms with Gasteiger partial charge in [0.05, 0.1) is 25.0 Å². The van der Waals surface area contributed by atoms with Crippen molar-refractivity contribution in [2.45, 2.75) is 196 Å². The molecule has 2 aromatic carbocycles. The van der Waals surface area contributed by atoms with Gasteiger partial charge in [-0.3, -0.25) is 9.59 Å². The SMILES string of the molecule is COC(=O)[C@]1(C)CC[C@]2(C)CC[C@]3(C)[C@H]4C=Cc5c(cc6c(c5C)O[C@@H]5c7c(cc(O)c(O)c7C)[C@]7(C)CC[C@@]8(C)[C@@H]9C[C@](C)(C(=O)OC)CC[C@]9(C)CC[C@]8(C)[C@H]7[C@@H]5O6)[C@]4(C)CC[C@@]3(C)[C@@H]2C1. The van der Waals surface area contributed by atoms with Gasteiger partial charge in [-0.25, -0.2) is 0 Å². The maximum absolute atomic E-state index is 13.6. The highest BCUT2D eigenvalue weighted by atomic mass is 16.6. The van der Waals surface area contributed by atoms with Crippen molar-refractivity contribution >= 4 is 18.0 Å². The highest BCUT2D eigenvalue weighted by Crippen LogP contribution is 2.78. The molecule has 16 atom stereocenters. The summed E-state index contributed by atoms with van der Waals surface area (Å²) in [6.45, 7) is 28.7. The normalized spacial score (nSPS) is 48.0. The second-order valence-electron chi connectivity index (χ2n) is 27.5. The van der Waals surface area contributed by atoms with E-state index in [1.54, 1.807) is 14.2 Å². The van der Waals surface area contributed by atoms with Crippen LogP contribution in [0.3, 0.4) is 0 Å². The molecule has 8 nitrogen and oxygen atoms in total. The molecule has 0 bridgehead atoms. The number of esters is 2. The van der Waals surface area contributed by atoms with Crippen molar-refractivity contribution in [3.63, 3.8) is 0 Å². The molecule has 11 rings (SSSR count). The minimum Gasteiger partial charge on any atom is -0.504 e. The zero-order valence-electron chi connectivity index (χ0n) is 44.0. The van der Waals surface area contributed by atoms with E-state index in [-0.39, 0.29) is 78.8 Å². The number of ether oxygens (including phenoxy) is 4. The van der Waals surface area contributed by atoms with E-state index in [4.69, 9.17) is 18.9 Å². The summed E-state index contributed by atoms with van der Waals surface area (Å²) in [5.74, 6) is 2.34. The first kappa shape index (κ1) is 46.7. The third-order valence-corrected chi connectivity index (χ3v) is 24.7. The molecule has 2 N–H and O–H groups in total. The van der Waals surface area contributed by atoms with Crippen LogP contribution in [0, 0.1) is 80.8 Å². The summed E-state index contributed by atoms with van der Waals surface area (Å²) in [5.41, 5.74) is 4.87. The Morgan fingerprint density at radius 2 is 1.12 bits per heavy atom. The van der Waals surface area contributed by atoms with Gasteiger partial charge < -0.3 is 29.2 Å². The van der Waals surface area contributed by atoms with Gasteiger partial charge in [0.15, 0.2) is 29.1 Å². The molecular formula is C60H82O8. The lowest BCUT2D eigenvalue weighted by atomic mass is 9.32. The summed E-state index contributed by atoms with van der Waals surface area (Å²) in [5, 5.41) is 22.9. The molecule has 0 aromatic heterocycles. The molecule has 2 aromatic rings. The van der Waals surface area contributed by atoms with Crippen LogP contribution in [-0.2, 0) is 29.9 Å². The number of benzene rings is 2. The summed E-state index contributed by atoms with van der Waals surface area (Å²) < 4.78 is 26.3. The molecule has 1 aliphatic heterocycles. The van der Waals surface area contributed by atoms with Crippen molar-refractivity contribution < 1.29 is 38.7 Å². The van der Waals surface area contributed by atoms with Crippen LogP contribution in [-0.4, -0.2) is 42.5 Å². The van der Waals surface area contributed by atoms with Crippen LogP contribution in [0.25, 0.3) is 6.08 Å². The average molecular weight is 931 g/mol. The third kappa shape index (κ3) is 5.45. The molecule has 8 aliphatic carbocycles. The Labute approximate surface area is 407 Å². The molecule has 6 fully saturated rings. The quantitative estimate of drug-likeness (QED) is 0.226. The van der Waals surface area contributed by atoms with E-state index in [9.17, 15) is 19.8 Å². The molecule has 6 saturated carbocycles. The van der Waals surface area contributed by atoms with Crippen LogP contribution in [0.15, 0.2) is 18.2 Å². The van der Waals surface area contributed by atoms with E-state index in [2.05, 4.69) is 94.4 Å². The van der Waals surface area contributed by atoms with Crippen molar-refractivity contribution in [3.8, 4) is 23.0 Å². The lowest BCUT2D eigenvalue weighted by Gasteiger charge is -2.73. The third-order valence-electron chi connectivity index (χ3n) is 24.7. The topological polar surface area (TPSA) is 112 Å². The van der Waals surface area contributed by atoms with Crippen molar-refractivity contribution in [3.05, 3.63) is 51.6 Å². The van der Waals surface area contributed by atoms with E-state index >= 15 is 0 Å². The van der Waals surface area contributed by atoms with Crippen molar-refractivity contribution in [1.29, 1.82) is 0 Å². The molecule has 1 heterocycles. The number of methoxy groups -OCH3 is 2. The summed E-state index contributed by atoms with van der Waals surface area (Å²) in [6.07, 6.45) is 18.1. The van der Waals surface area contributed by atoms with E-state index in [0.29, 0.717) is 23.3 Å². The summed E-state index contributed by atoms with van der Waals surface area (Å²) >= 11 is 0. The van der Waals surface area contributed by atoms with Crippen LogP contribution < -0.4 is 9.47 Å². The predicted octanol–water partition coefficient (Wildman–Crippen LogP) is 13.6. The lowest BCUT2D eigenvalue weighted by molar-refractivity contribution is -0.238. The minimum absolute atomic E-state index is 0.00943. The number of hydrogen-bond acceptors (Lipinski definition) is 8. The summed E-state index contributed by atoms with van der Waals surface area (Å²) in [7, 11) is 3.10. The Balaban J connectivity index is 1.02. The van der Waals surface area contributed by atoms with Gasteiger partial charge >= 0.3 is 11.9 Å². The Kier molecular flexibility index (Phi) is 9.64. The van der Waals surface area contributed by atoms with Gasteiger partial charge in [-0.1, -0.05) is 67.5 Å². The first-order chi connectivity index (χ1) is 31.7. The number of phenols is 2. The maximum Gasteiger partial charge on any atom is 0.311 e.